The van der Waals surface area contributed by atoms with Crippen LogP contribution in [0.15, 0.2) is 40.8 Å². The molecule has 0 saturated carbocycles. The zero-order valence-electron chi connectivity index (χ0n) is 15.0. The SMILES string of the molecule is CC(Cl)CCCc1ccc2oc3ccc(CCCC(C)Cl)cc3c2c1. The van der Waals surface area contributed by atoms with Gasteiger partial charge >= 0.3 is 0 Å². The molecule has 0 saturated heterocycles. The molecule has 1 aromatic heterocycles. The van der Waals surface area contributed by atoms with Crippen LogP contribution in [0, 0.1) is 0 Å². The Balaban J connectivity index is 1.82. The van der Waals surface area contributed by atoms with Crippen molar-refractivity contribution >= 4 is 45.1 Å². The van der Waals surface area contributed by atoms with Crippen molar-refractivity contribution in [1.82, 2.24) is 0 Å². The van der Waals surface area contributed by atoms with E-state index in [-0.39, 0.29) is 10.8 Å². The molecular weight excluding hydrogens is 351 g/mol. The third-order valence-corrected chi connectivity index (χ3v) is 5.17. The summed E-state index contributed by atoms with van der Waals surface area (Å²) in [4.78, 5) is 0. The van der Waals surface area contributed by atoms with Gasteiger partial charge < -0.3 is 4.42 Å². The summed E-state index contributed by atoms with van der Waals surface area (Å²) in [5.74, 6) is 0. The minimum Gasteiger partial charge on any atom is -0.456 e. The molecule has 1 heterocycles. The average Bonchev–Trinajstić information content (AvgIpc) is 2.92. The lowest BCUT2D eigenvalue weighted by Gasteiger charge is -2.04. The fourth-order valence-electron chi connectivity index (χ4n) is 3.36. The highest BCUT2D eigenvalue weighted by Crippen LogP contribution is 2.31. The lowest BCUT2D eigenvalue weighted by molar-refractivity contribution is 0.668. The first-order valence-electron chi connectivity index (χ1n) is 9.25. The molecule has 3 aromatic rings. The summed E-state index contributed by atoms with van der Waals surface area (Å²) in [7, 11) is 0. The van der Waals surface area contributed by atoms with Crippen molar-refractivity contribution in [2.24, 2.45) is 0 Å². The van der Waals surface area contributed by atoms with Gasteiger partial charge in [0.1, 0.15) is 11.2 Å². The Hall–Kier alpha value is -1.18. The van der Waals surface area contributed by atoms with E-state index in [2.05, 4.69) is 50.2 Å². The van der Waals surface area contributed by atoms with Gasteiger partial charge in [0.15, 0.2) is 0 Å². The Morgan fingerprint density at radius 1 is 0.760 bits per heavy atom. The number of halogens is 2. The molecular formula is C22H26Cl2O. The number of alkyl halides is 2. The molecule has 3 heteroatoms. The Morgan fingerprint density at radius 2 is 1.20 bits per heavy atom. The van der Waals surface area contributed by atoms with Crippen LogP contribution in [0.5, 0.6) is 0 Å². The van der Waals surface area contributed by atoms with Crippen LogP contribution >= 0.6 is 23.2 Å². The molecule has 0 radical (unpaired) electrons. The van der Waals surface area contributed by atoms with Crippen molar-refractivity contribution in [3.8, 4) is 0 Å². The molecule has 0 spiro atoms. The van der Waals surface area contributed by atoms with Gasteiger partial charge in [-0.2, -0.15) is 0 Å². The predicted molar refractivity (Wildman–Crippen MR) is 110 cm³/mol. The Labute approximate surface area is 160 Å². The standard InChI is InChI=1S/C22H26Cl2O/c1-15(23)5-3-7-17-9-11-21-19(13-17)20-14-18(8-4-6-16(2)24)10-12-22(20)25-21/h9-16H,3-8H2,1-2H3. The van der Waals surface area contributed by atoms with Gasteiger partial charge in [-0.05, 0) is 87.8 Å². The summed E-state index contributed by atoms with van der Waals surface area (Å²) in [6.07, 6.45) is 6.46. The third kappa shape index (κ3) is 4.92. The van der Waals surface area contributed by atoms with E-state index in [4.69, 9.17) is 27.6 Å². The maximum Gasteiger partial charge on any atom is 0.135 e. The molecule has 0 bridgehead atoms. The normalized spacial score (nSPS) is 14.2. The van der Waals surface area contributed by atoms with Gasteiger partial charge in [-0.3, -0.25) is 0 Å². The molecule has 2 aromatic carbocycles. The smallest absolute Gasteiger partial charge is 0.135 e. The predicted octanol–water partition coefficient (Wildman–Crippen LogP) is 7.49. The summed E-state index contributed by atoms with van der Waals surface area (Å²) in [6.45, 7) is 4.11. The summed E-state index contributed by atoms with van der Waals surface area (Å²) in [5.41, 5.74) is 4.65. The number of aryl methyl sites for hydroxylation is 2. The summed E-state index contributed by atoms with van der Waals surface area (Å²) >= 11 is 12.1. The molecule has 0 N–H and O–H groups in total. The highest BCUT2D eigenvalue weighted by molar-refractivity contribution is 6.20. The van der Waals surface area contributed by atoms with Gasteiger partial charge in [0.05, 0.1) is 0 Å². The van der Waals surface area contributed by atoms with Crippen LogP contribution in [0.4, 0.5) is 0 Å². The Morgan fingerprint density at radius 3 is 1.60 bits per heavy atom. The molecule has 1 nitrogen and oxygen atoms in total. The first kappa shape index (κ1) is 18.6. The van der Waals surface area contributed by atoms with Gasteiger partial charge in [-0.15, -0.1) is 23.2 Å². The van der Waals surface area contributed by atoms with E-state index >= 15 is 0 Å². The molecule has 0 aliphatic carbocycles. The van der Waals surface area contributed by atoms with Crippen LogP contribution < -0.4 is 0 Å². The van der Waals surface area contributed by atoms with Gasteiger partial charge in [0, 0.05) is 21.5 Å². The van der Waals surface area contributed by atoms with Crippen LogP contribution in [-0.4, -0.2) is 10.8 Å². The maximum atomic E-state index is 6.05. The lowest BCUT2D eigenvalue weighted by Crippen LogP contribution is -1.93. The zero-order valence-corrected chi connectivity index (χ0v) is 16.5. The second-order valence-corrected chi connectivity index (χ2v) is 8.60. The maximum absolute atomic E-state index is 6.05. The minimum atomic E-state index is 0.247. The second kappa shape index (κ2) is 8.47. The first-order valence-corrected chi connectivity index (χ1v) is 10.1. The summed E-state index contributed by atoms with van der Waals surface area (Å²) in [6, 6.07) is 13.1. The van der Waals surface area contributed by atoms with Crippen LogP contribution in [0.25, 0.3) is 21.9 Å². The molecule has 3 rings (SSSR count). The second-order valence-electron chi connectivity index (χ2n) is 7.11. The summed E-state index contributed by atoms with van der Waals surface area (Å²) in [5, 5.41) is 2.94. The highest BCUT2D eigenvalue weighted by atomic mass is 35.5. The Bertz CT molecular complexity index is 764. The van der Waals surface area contributed by atoms with Crippen molar-refractivity contribution in [2.45, 2.75) is 63.1 Å². The average molecular weight is 377 g/mol. The summed E-state index contributed by atoms with van der Waals surface area (Å²) < 4.78 is 6.01. The van der Waals surface area contributed by atoms with E-state index in [9.17, 15) is 0 Å². The van der Waals surface area contributed by atoms with Gasteiger partial charge in [0.25, 0.3) is 0 Å². The van der Waals surface area contributed by atoms with Crippen LogP contribution in [0.2, 0.25) is 0 Å². The van der Waals surface area contributed by atoms with Gasteiger partial charge in [-0.25, -0.2) is 0 Å². The number of rotatable bonds is 8. The highest BCUT2D eigenvalue weighted by Gasteiger charge is 2.09. The molecule has 2 atom stereocenters. The monoisotopic (exact) mass is 376 g/mol. The Kier molecular flexibility index (Phi) is 6.30. The fraction of sp³-hybridized carbons (Fsp3) is 0.455. The van der Waals surface area contributed by atoms with E-state index in [1.165, 1.54) is 21.9 Å². The van der Waals surface area contributed by atoms with Crippen molar-refractivity contribution in [3.05, 3.63) is 47.5 Å². The molecule has 134 valence electrons. The van der Waals surface area contributed by atoms with E-state index < -0.39 is 0 Å². The molecule has 0 amide bonds. The van der Waals surface area contributed by atoms with E-state index in [1.54, 1.807) is 0 Å². The molecule has 0 aliphatic rings. The third-order valence-electron chi connectivity index (χ3n) is 4.73. The minimum absolute atomic E-state index is 0.247. The van der Waals surface area contributed by atoms with Gasteiger partial charge in [0.2, 0.25) is 0 Å². The molecule has 25 heavy (non-hydrogen) atoms. The van der Waals surface area contributed by atoms with Crippen LogP contribution in [-0.2, 0) is 12.8 Å². The van der Waals surface area contributed by atoms with Crippen LogP contribution in [0.3, 0.4) is 0 Å². The molecule has 0 fully saturated rings. The van der Waals surface area contributed by atoms with E-state index in [0.717, 1.165) is 49.7 Å². The van der Waals surface area contributed by atoms with Crippen molar-refractivity contribution in [2.75, 3.05) is 0 Å². The van der Waals surface area contributed by atoms with Gasteiger partial charge in [-0.1, -0.05) is 12.1 Å². The molecule has 0 aliphatic heterocycles. The number of hydrogen-bond donors (Lipinski definition) is 0. The lowest BCUT2D eigenvalue weighted by atomic mass is 10.0. The number of hydrogen-bond acceptors (Lipinski definition) is 1. The van der Waals surface area contributed by atoms with E-state index in [1.807, 2.05) is 0 Å². The van der Waals surface area contributed by atoms with Crippen molar-refractivity contribution < 1.29 is 4.42 Å². The van der Waals surface area contributed by atoms with Crippen LogP contribution in [0.1, 0.15) is 50.7 Å². The fourth-order valence-corrected chi connectivity index (χ4v) is 3.67. The van der Waals surface area contributed by atoms with Crippen molar-refractivity contribution in [1.29, 1.82) is 0 Å². The number of fused-ring (bicyclic) bond motifs is 3. The number of benzene rings is 2. The molecule has 2 unspecified atom stereocenters. The first-order chi connectivity index (χ1) is 12.0. The topological polar surface area (TPSA) is 13.1 Å². The largest absolute Gasteiger partial charge is 0.456 e. The zero-order chi connectivity index (χ0) is 17.8. The quantitative estimate of drug-likeness (QED) is 0.371. The van der Waals surface area contributed by atoms with E-state index in [0.29, 0.717) is 0 Å². The van der Waals surface area contributed by atoms with Crippen molar-refractivity contribution in [3.63, 3.8) is 0 Å². The number of furan rings is 1.